The van der Waals surface area contributed by atoms with Crippen molar-refractivity contribution in [1.29, 1.82) is 0 Å². The summed E-state index contributed by atoms with van der Waals surface area (Å²) in [6.07, 6.45) is 11.1. The highest BCUT2D eigenvalue weighted by Crippen LogP contribution is 2.31. The van der Waals surface area contributed by atoms with Crippen LogP contribution >= 0.6 is 0 Å². The zero-order chi connectivity index (χ0) is 12.3. The summed E-state index contributed by atoms with van der Waals surface area (Å²) in [4.78, 5) is 0. The van der Waals surface area contributed by atoms with Crippen molar-refractivity contribution in [3.05, 3.63) is 11.6 Å². The van der Waals surface area contributed by atoms with Crippen LogP contribution in [0.3, 0.4) is 0 Å². The van der Waals surface area contributed by atoms with Crippen molar-refractivity contribution < 1.29 is 0 Å². The van der Waals surface area contributed by atoms with Crippen LogP contribution in [-0.4, -0.2) is 12.6 Å². The zero-order valence-electron chi connectivity index (χ0n) is 11.8. The molecular weight excluding hydrogens is 206 g/mol. The molecule has 2 fully saturated rings. The van der Waals surface area contributed by atoms with Gasteiger partial charge in [-0.15, -0.1) is 0 Å². The van der Waals surface area contributed by atoms with Gasteiger partial charge in [-0.05, 0) is 43.4 Å². The molecule has 1 heteroatoms. The van der Waals surface area contributed by atoms with Gasteiger partial charge >= 0.3 is 0 Å². The van der Waals surface area contributed by atoms with Crippen LogP contribution < -0.4 is 5.32 Å². The minimum absolute atomic E-state index is 0.707. The Morgan fingerprint density at radius 1 is 1.24 bits per heavy atom. The van der Waals surface area contributed by atoms with E-state index >= 15 is 0 Å². The van der Waals surface area contributed by atoms with Gasteiger partial charge in [0.2, 0.25) is 0 Å². The summed E-state index contributed by atoms with van der Waals surface area (Å²) in [5.41, 5.74) is 1.65. The fourth-order valence-corrected chi connectivity index (χ4v) is 2.94. The van der Waals surface area contributed by atoms with E-state index in [0.29, 0.717) is 5.92 Å². The maximum atomic E-state index is 3.67. The van der Waals surface area contributed by atoms with Gasteiger partial charge in [-0.2, -0.15) is 0 Å². The first kappa shape index (κ1) is 13.1. The molecule has 0 spiro atoms. The summed E-state index contributed by atoms with van der Waals surface area (Å²) in [7, 11) is 0. The third kappa shape index (κ3) is 4.46. The second-order valence-corrected chi connectivity index (χ2v) is 6.58. The van der Waals surface area contributed by atoms with Crippen LogP contribution in [0.25, 0.3) is 0 Å². The molecule has 0 bridgehead atoms. The molecule has 0 radical (unpaired) electrons. The SMILES string of the molecule is CC1CCCC(C=C(CNC2CC2)C(C)C)C1. The van der Waals surface area contributed by atoms with Crippen molar-refractivity contribution in [3.63, 3.8) is 0 Å². The Bertz CT molecular complexity index is 263. The standard InChI is InChI=1S/C16H29N/c1-12(2)15(11-17-16-7-8-16)10-14-6-4-5-13(3)9-14/h10,12-14,16-17H,4-9,11H2,1-3H3. The van der Waals surface area contributed by atoms with E-state index in [9.17, 15) is 0 Å². The highest BCUT2D eigenvalue weighted by molar-refractivity contribution is 5.10. The van der Waals surface area contributed by atoms with Gasteiger partial charge in [0.05, 0.1) is 0 Å². The van der Waals surface area contributed by atoms with Crippen LogP contribution in [0.5, 0.6) is 0 Å². The first-order chi connectivity index (χ1) is 8.15. The van der Waals surface area contributed by atoms with Crippen LogP contribution in [0, 0.1) is 17.8 Å². The third-order valence-corrected chi connectivity index (χ3v) is 4.34. The van der Waals surface area contributed by atoms with Crippen LogP contribution in [-0.2, 0) is 0 Å². The molecule has 2 rings (SSSR count). The van der Waals surface area contributed by atoms with E-state index < -0.39 is 0 Å². The number of hydrogen-bond donors (Lipinski definition) is 1. The third-order valence-electron chi connectivity index (χ3n) is 4.34. The molecule has 2 atom stereocenters. The Hall–Kier alpha value is -0.300. The van der Waals surface area contributed by atoms with E-state index in [0.717, 1.165) is 24.4 Å². The Balaban J connectivity index is 1.87. The zero-order valence-corrected chi connectivity index (χ0v) is 11.8. The van der Waals surface area contributed by atoms with E-state index in [1.807, 2.05) is 0 Å². The van der Waals surface area contributed by atoms with Crippen LogP contribution in [0.15, 0.2) is 11.6 Å². The van der Waals surface area contributed by atoms with Crippen molar-refractivity contribution in [2.45, 2.75) is 65.3 Å². The number of rotatable bonds is 5. The van der Waals surface area contributed by atoms with Gasteiger partial charge in [0, 0.05) is 12.6 Å². The number of hydrogen-bond acceptors (Lipinski definition) is 1. The van der Waals surface area contributed by atoms with Gasteiger partial charge in [-0.1, -0.05) is 45.3 Å². The summed E-state index contributed by atoms with van der Waals surface area (Å²) < 4.78 is 0. The fourth-order valence-electron chi connectivity index (χ4n) is 2.94. The average molecular weight is 235 g/mol. The molecule has 2 saturated carbocycles. The number of nitrogens with one attached hydrogen (secondary N) is 1. The van der Waals surface area contributed by atoms with Crippen LogP contribution in [0.1, 0.15) is 59.3 Å². The largest absolute Gasteiger partial charge is 0.310 e. The van der Waals surface area contributed by atoms with Crippen molar-refractivity contribution in [2.24, 2.45) is 17.8 Å². The molecule has 17 heavy (non-hydrogen) atoms. The minimum atomic E-state index is 0.707. The van der Waals surface area contributed by atoms with E-state index in [4.69, 9.17) is 0 Å². The molecule has 1 N–H and O–H groups in total. The molecule has 2 aliphatic carbocycles. The number of allylic oxidation sites excluding steroid dienone is 1. The van der Waals surface area contributed by atoms with Crippen molar-refractivity contribution in [2.75, 3.05) is 6.54 Å². The van der Waals surface area contributed by atoms with Gasteiger partial charge in [-0.3, -0.25) is 0 Å². The Labute approximate surface area is 107 Å². The van der Waals surface area contributed by atoms with E-state index in [1.54, 1.807) is 5.57 Å². The summed E-state index contributed by atoms with van der Waals surface area (Å²) >= 11 is 0. The van der Waals surface area contributed by atoms with Gasteiger partial charge in [0.15, 0.2) is 0 Å². The van der Waals surface area contributed by atoms with E-state index in [-0.39, 0.29) is 0 Å². The molecule has 0 aliphatic heterocycles. The molecule has 98 valence electrons. The predicted octanol–water partition coefficient (Wildman–Crippen LogP) is 4.15. The van der Waals surface area contributed by atoms with Crippen molar-refractivity contribution >= 4 is 0 Å². The van der Waals surface area contributed by atoms with E-state index in [1.165, 1.54) is 38.5 Å². The lowest BCUT2D eigenvalue weighted by Crippen LogP contribution is -2.22. The van der Waals surface area contributed by atoms with Gasteiger partial charge < -0.3 is 5.32 Å². The van der Waals surface area contributed by atoms with Gasteiger partial charge in [0.1, 0.15) is 0 Å². The highest BCUT2D eigenvalue weighted by Gasteiger charge is 2.22. The molecular formula is C16H29N. The minimum Gasteiger partial charge on any atom is -0.310 e. The summed E-state index contributed by atoms with van der Waals surface area (Å²) in [5.74, 6) is 2.51. The predicted molar refractivity (Wildman–Crippen MR) is 75.1 cm³/mol. The summed E-state index contributed by atoms with van der Waals surface area (Å²) in [6, 6.07) is 0.836. The quantitative estimate of drug-likeness (QED) is 0.706. The molecule has 2 aliphatic rings. The van der Waals surface area contributed by atoms with Gasteiger partial charge in [0.25, 0.3) is 0 Å². The average Bonchev–Trinajstić information content (AvgIpc) is 3.07. The lowest BCUT2D eigenvalue weighted by atomic mass is 9.81. The summed E-state index contributed by atoms with van der Waals surface area (Å²) in [6.45, 7) is 8.23. The molecule has 0 amide bonds. The van der Waals surface area contributed by atoms with Gasteiger partial charge in [-0.25, -0.2) is 0 Å². The normalized spacial score (nSPS) is 30.9. The highest BCUT2D eigenvalue weighted by atomic mass is 14.9. The molecule has 0 aromatic rings. The molecule has 2 unspecified atom stereocenters. The lowest BCUT2D eigenvalue weighted by Gasteiger charge is -2.26. The molecule has 0 aromatic carbocycles. The Morgan fingerprint density at radius 2 is 2.00 bits per heavy atom. The Kier molecular flexibility index (Phi) is 4.67. The smallest absolute Gasteiger partial charge is 0.0169 e. The van der Waals surface area contributed by atoms with E-state index in [2.05, 4.69) is 32.2 Å². The van der Waals surface area contributed by atoms with Crippen molar-refractivity contribution in [1.82, 2.24) is 5.32 Å². The van der Waals surface area contributed by atoms with Crippen molar-refractivity contribution in [3.8, 4) is 0 Å². The lowest BCUT2D eigenvalue weighted by molar-refractivity contribution is 0.323. The summed E-state index contributed by atoms with van der Waals surface area (Å²) in [5, 5.41) is 3.67. The molecule has 0 aromatic heterocycles. The second-order valence-electron chi connectivity index (χ2n) is 6.58. The Morgan fingerprint density at radius 3 is 2.59 bits per heavy atom. The maximum Gasteiger partial charge on any atom is 0.0169 e. The monoisotopic (exact) mass is 235 g/mol. The first-order valence-corrected chi connectivity index (χ1v) is 7.59. The van der Waals surface area contributed by atoms with Crippen LogP contribution in [0.4, 0.5) is 0 Å². The fraction of sp³-hybridized carbons (Fsp3) is 0.875. The van der Waals surface area contributed by atoms with Crippen LogP contribution in [0.2, 0.25) is 0 Å². The first-order valence-electron chi connectivity index (χ1n) is 7.59. The maximum absolute atomic E-state index is 3.67. The molecule has 0 saturated heterocycles. The second kappa shape index (κ2) is 6.04. The topological polar surface area (TPSA) is 12.0 Å². The molecule has 1 nitrogen and oxygen atoms in total. The molecule has 0 heterocycles.